The summed E-state index contributed by atoms with van der Waals surface area (Å²) in [5.41, 5.74) is 10.1. The fourth-order valence-corrected chi connectivity index (χ4v) is 6.74. The zero-order chi connectivity index (χ0) is 47.4. The molecule has 24 heteroatoms. The second-order valence-corrected chi connectivity index (χ2v) is 14.9. The Morgan fingerprint density at radius 3 is 1.73 bits per heavy atom. The summed E-state index contributed by atoms with van der Waals surface area (Å²) in [5.74, 6) is 8.45. The quantitative estimate of drug-likeness (QED) is 0.0957. The number of carbonyl (C=O) groups is 4. The van der Waals surface area contributed by atoms with E-state index in [1.54, 1.807) is 54.3 Å². The van der Waals surface area contributed by atoms with E-state index in [0.29, 0.717) is 41.2 Å². The first-order chi connectivity index (χ1) is 30.7. The number of benzene rings is 2. The van der Waals surface area contributed by atoms with E-state index in [0.717, 1.165) is 12.1 Å². The Morgan fingerprint density at radius 2 is 1.24 bits per heavy atom. The van der Waals surface area contributed by atoms with Crippen LogP contribution in [0.2, 0.25) is 5.15 Å². The van der Waals surface area contributed by atoms with Crippen molar-refractivity contribution in [3.05, 3.63) is 101 Å². The summed E-state index contributed by atoms with van der Waals surface area (Å²) in [6, 6.07) is 11.6. The molecule has 2 saturated heterocycles. The van der Waals surface area contributed by atoms with Crippen LogP contribution in [0.4, 0.5) is 24.6 Å². The number of rotatable bonds is 4. The van der Waals surface area contributed by atoms with Gasteiger partial charge in [-0.3, -0.25) is 18.4 Å². The number of nitrogens with two attached hydrogens (primary N) is 2. The van der Waals surface area contributed by atoms with Gasteiger partial charge in [-0.1, -0.05) is 65.6 Å². The molecule has 0 saturated carbocycles. The SMILES string of the molecule is CN1CC[C@@](O)(C#Cc2cccc([B-](F)(F)F)c2)C1=O.COC(=O)c1nc(-c2cccc(C#C[C@]3(O)CCN(C)C3=O)c2)c2nccn2c1N.COC(=O)c1nc(Cl)c2nccn2c1N.[K+]. The van der Waals surface area contributed by atoms with Gasteiger partial charge in [0, 0.05) is 81.5 Å². The third-order valence-corrected chi connectivity index (χ3v) is 10.4. The molecule has 0 radical (unpaired) electrons. The van der Waals surface area contributed by atoms with E-state index < -0.39 is 47.4 Å². The Hall–Kier alpha value is -6.02. The van der Waals surface area contributed by atoms with Crippen LogP contribution >= 0.6 is 11.6 Å². The number of aliphatic hydroxyl groups is 2. The zero-order valence-corrected chi connectivity index (χ0v) is 39.8. The number of nitrogens with zero attached hydrogens (tertiary/aromatic N) is 8. The molecule has 4 aromatic heterocycles. The third kappa shape index (κ3) is 10.8. The number of anilines is 2. The van der Waals surface area contributed by atoms with Crippen molar-refractivity contribution in [3.8, 4) is 34.9 Å². The summed E-state index contributed by atoms with van der Waals surface area (Å²) in [6.45, 7) is -4.27. The van der Waals surface area contributed by atoms with Crippen LogP contribution in [0, 0.1) is 23.7 Å². The van der Waals surface area contributed by atoms with Crippen molar-refractivity contribution in [3.63, 3.8) is 0 Å². The molecule has 2 amide bonds. The topological polar surface area (TPSA) is 246 Å². The third-order valence-electron chi connectivity index (χ3n) is 10.1. The normalized spacial score (nSPS) is 17.6. The summed E-state index contributed by atoms with van der Waals surface area (Å²) < 4.78 is 50.1. The van der Waals surface area contributed by atoms with Crippen LogP contribution in [0.3, 0.4) is 0 Å². The van der Waals surface area contributed by atoms with Crippen LogP contribution in [0.15, 0.2) is 73.3 Å². The van der Waals surface area contributed by atoms with Gasteiger partial charge >= 0.3 is 70.3 Å². The van der Waals surface area contributed by atoms with Gasteiger partial charge in [0.2, 0.25) is 11.2 Å². The molecule has 6 heterocycles. The maximum Gasteiger partial charge on any atom is 1.00 e. The van der Waals surface area contributed by atoms with E-state index in [1.165, 1.54) is 53.8 Å². The van der Waals surface area contributed by atoms with Crippen molar-refractivity contribution < 1.29 is 103 Å². The molecular formula is C42H38BClF3KN10O8. The molecule has 2 atom stereocenters. The number of aromatic nitrogens is 6. The van der Waals surface area contributed by atoms with Gasteiger partial charge in [0.1, 0.15) is 17.3 Å². The van der Waals surface area contributed by atoms with Crippen molar-refractivity contribution >= 4 is 70.7 Å². The summed E-state index contributed by atoms with van der Waals surface area (Å²) in [7, 11) is 5.66. The number of carbonyl (C=O) groups excluding carboxylic acids is 4. The molecular weight excluding hydrogens is 915 g/mol. The van der Waals surface area contributed by atoms with Gasteiger partial charge in [-0.25, -0.2) is 29.5 Å². The number of hydrogen-bond acceptors (Lipinski definition) is 14. The van der Waals surface area contributed by atoms with E-state index in [1.807, 2.05) is 0 Å². The summed E-state index contributed by atoms with van der Waals surface area (Å²) >= 11 is 5.82. The van der Waals surface area contributed by atoms with E-state index in [9.17, 15) is 42.3 Å². The number of fused-ring (bicyclic) bond motifs is 2. The van der Waals surface area contributed by atoms with Gasteiger partial charge in [-0.2, -0.15) is 0 Å². The van der Waals surface area contributed by atoms with Gasteiger partial charge in [-0.15, -0.1) is 5.46 Å². The number of hydrogen-bond donors (Lipinski definition) is 4. The Balaban J connectivity index is 0.000000197. The second kappa shape index (κ2) is 20.7. The first kappa shape index (κ1) is 51.0. The van der Waals surface area contributed by atoms with Crippen molar-refractivity contribution in [1.82, 2.24) is 38.5 Å². The number of likely N-dealkylation sites (N-methyl/N-ethyl adjacent to an activating group) is 2. The van der Waals surface area contributed by atoms with Gasteiger partial charge in [0.05, 0.1) is 14.2 Å². The van der Waals surface area contributed by atoms with Crippen molar-refractivity contribution in [2.75, 3.05) is 52.9 Å². The predicted octanol–water partition coefficient (Wildman–Crippen LogP) is -0.849. The van der Waals surface area contributed by atoms with Crippen LogP contribution in [-0.2, 0) is 19.1 Å². The number of halogens is 4. The average Bonchev–Trinajstić information content (AvgIpc) is 4.10. The van der Waals surface area contributed by atoms with Crippen LogP contribution < -0.4 is 68.3 Å². The number of nitrogen functional groups attached to an aromatic ring is 2. The Morgan fingerprint density at radius 1 is 0.773 bits per heavy atom. The fraction of sp³-hybridized carbons (Fsp3) is 0.238. The second-order valence-electron chi connectivity index (χ2n) is 14.5. The maximum absolute atomic E-state index is 12.6. The molecule has 2 fully saturated rings. The number of methoxy groups -OCH3 is 2. The predicted molar refractivity (Wildman–Crippen MR) is 231 cm³/mol. The first-order valence-corrected chi connectivity index (χ1v) is 19.6. The number of amides is 2. The fourth-order valence-electron chi connectivity index (χ4n) is 6.52. The number of likely N-dealkylation sites (tertiary alicyclic amines) is 2. The molecule has 336 valence electrons. The minimum atomic E-state index is -5.09. The van der Waals surface area contributed by atoms with Crippen LogP contribution in [0.1, 0.15) is 44.9 Å². The summed E-state index contributed by atoms with van der Waals surface area (Å²) in [4.78, 5) is 66.4. The molecule has 0 bridgehead atoms. The molecule has 66 heavy (non-hydrogen) atoms. The van der Waals surface area contributed by atoms with Crippen LogP contribution in [-0.4, -0.2) is 132 Å². The van der Waals surface area contributed by atoms with Gasteiger partial charge in [0.15, 0.2) is 27.8 Å². The van der Waals surface area contributed by atoms with Gasteiger partial charge in [-0.05, 0) is 18.2 Å². The Kier molecular flexibility index (Phi) is 16.0. The summed E-state index contributed by atoms with van der Waals surface area (Å²) in [5, 5.41) is 20.6. The molecule has 0 spiro atoms. The Labute approximate surface area is 421 Å². The molecule has 0 aliphatic carbocycles. The van der Waals surface area contributed by atoms with Crippen LogP contribution in [0.5, 0.6) is 0 Å². The minimum Gasteiger partial charge on any atom is -0.464 e. The molecule has 2 aliphatic rings. The van der Waals surface area contributed by atoms with E-state index in [4.69, 9.17) is 27.8 Å². The van der Waals surface area contributed by atoms with Crippen LogP contribution in [0.25, 0.3) is 22.6 Å². The van der Waals surface area contributed by atoms with Crippen molar-refractivity contribution in [2.24, 2.45) is 0 Å². The monoisotopic (exact) mass is 952 g/mol. The minimum absolute atomic E-state index is 0. The average molecular weight is 953 g/mol. The van der Waals surface area contributed by atoms with Gasteiger partial charge in [0.25, 0.3) is 11.8 Å². The molecule has 2 aromatic carbocycles. The van der Waals surface area contributed by atoms with Gasteiger partial charge < -0.3 is 53.9 Å². The van der Waals surface area contributed by atoms with Crippen molar-refractivity contribution in [1.29, 1.82) is 0 Å². The standard InChI is InChI=1S/C21H19N5O4.C13H12BF3NO2.C8H7ClN4O2.K/c1-25-10-8-21(29,20(25)28)7-6-13-4-3-5-14(12-13)15-18-23-9-11-26(18)17(22)16(24-15)19(27)30-2;1-18-8-7-13(20,12(18)19)6-5-10-3-2-4-11(9-10)14(15,16)17;1-15-8(14)4-6(10)13-3-2-11-7(13)5(9)12-4;/h3-5,9,11-12,29H,8,10,22H2,1-2H3;2-4,9,20H,7-8H2,1H3;2-3H,10H2,1H3;/q;-1;;+1/t21-;13-;;/m00../s1. The van der Waals surface area contributed by atoms with E-state index in [-0.39, 0.29) is 98.0 Å². The number of imidazole rings is 2. The largest absolute Gasteiger partial charge is 1.00 e. The molecule has 6 aromatic rings. The molecule has 18 nitrogen and oxygen atoms in total. The maximum atomic E-state index is 12.6. The molecule has 2 aliphatic heterocycles. The first-order valence-electron chi connectivity index (χ1n) is 19.2. The van der Waals surface area contributed by atoms with E-state index in [2.05, 4.69) is 48.4 Å². The van der Waals surface area contributed by atoms with Crippen molar-refractivity contribution in [2.45, 2.75) is 24.0 Å². The Bertz CT molecular complexity index is 3000. The van der Waals surface area contributed by atoms with E-state index >= 15 is 0 Å². The number of ether oxygens (including phenoxy) is 2. The summed E-state index contributed by atoms with van der Waals surface area (Å²) in [6.07, 6.45) is 6.69. The molecule has 8 rings (SSSR count). The molecule has 0 unspecified atom stereocenters. The zero-order valence-electron chi connectivity index (χ0n) is 35.9. The smallest absolute Gasteiger partial charge is 0.464 e. The molecule has 6 N–H and O–H groups in total. The number of esters is 2.